The monoisotopic (exact) mass is 557 g/mol. The lowest BCUT2D eigenvalue weighted by Gasteiger charge is -2.33. The van der Waals surface area contributed by atoms with E-state index in [2.05, 4.69) is 26.2 Å². The van der Waals surface area contributed by atoms with Crippen LogP contribution in [-0.4, -0.2) is 73.1 Å². The van der Waals surface area contributed by atoms with E-state index in [-0.39, 0.29) is 42.9 Å². The van der Waals surface area contributed by atoms with E-state index < -0.39 is 35.4 Å². The molecule has 1 heterocycles. The van der Waals surface area contributed by atoms with Crippen molar-refractivity contribution in [1.82, 2.24) is 26.2 Å². The Hall–Kier alpha value is -3.27. The number of carbonyl (C=O) groups is 5. The van der Waals surface area contributed by atoms with Gasteiger partial charge >= 0.3 is 0 Å². The lowest BCUT2D eigenvalue weighted by Crippen LogP contribution is -2.57. The second kappa shape index (κ2) is 15.5. The Morgan fingerprint density at radius 2 is 1.70 bits per heavy atom. The highest BCUT2D eigenvalue weighted by molar-refractivity contribution is 5.97. The fraction of sp³-hybridized carbons (Fsp3) is 0.633. The Morgan fingerprint density at radius 1 is 1.02 bits per heavy atom. The van der Waals surface area contributed by atoms with Gasteiger partial charge in [0, 0.05) is 24.8 Å². The van der Waals surface area contributed by atoms with E-state index >= 15 is 0 Å². The van der Waals surface area contributed by atoms with Crippen molar-refractivity contribution in [3.63, 3.8) is 0 Å². The molecular weight excluding hydrogens is 510 g/mol. The first-order valence-electron chi connectivity index (χ1n) is 14.3. The second-order valence-electron chi connectivity index (χ2n) is 11.5. The van der Waals surface area contributed by atoms with Crippen molar-refractivity contribution in [2.75, 3.05) is 27.2 Å². The van der Waals surface area contributed by atoms with Crippen molar-refractivity contribution < 1.29 is 24.0 Å². The second-order valence-corrected chi connectivity index (χ2v) is 11.5. The molecule has 222 valence electrons. The molecular formula is C30H47N5O5. The predicted octanol–water partition coefficient (Wildman–Crippen LogP) is 2.10. The van der Waals surface area contributed by atoms with Gasteiger partial charge in [-0.15, -0.1) is 0 Å². The molecule has 0 radical (unpaired) electrons. The highest BCUT2D eigenvalue weighted by atomic mass is 16.2. The molecule has 4 amide bonds. The maximum atomic E-state index is 13.7. The quantitative estimate of drug-likeness (QED) is 0.343. The number of Topliss-reactive ketones (excluding diaryl/α,β-unsaturated/α-hetero) is 1. The van der Waals surface area contributed by atoms with Crippen molar-refractivity contribution in [3.05, 3.63) is 35.9 Å². The number of carbonyl (C=O) groups excluding carboxylic acids is 5. The highest BCUT2D eigenvalue weighted by Gasteiger charge is 2.38. The molecule has 0 aromatic heterocycles. The van der Waals surface area contributed by atoms with Crippen LogP contribution in [0.2, 0.25) is 0 Å². The summed E-state index contributed by atoms with van der Waals surface area (Å²) in [4.78, 5) is 68.5. The number of benzene rings is 1. The Kier molecular flexibility index (Phi) is 12.8. The van der Waals surface area contributed by atoms with Gasteiger partial charge in [-0.3, -0.25) is 24.0 Å². The summed E-state index contributed by atoms with van der Waals surface area (Å²) in [6.07, 6.45) is 2.42. The average molecular weight is 558 g/mol. The molecule has 1 fully saturated rings. The molecule has 1 aliphatic rings. The molecule has 4 N–H and O–H groups in total. The topological polar surface area (TPSA) is 137 Å². The first-order valence-corrected chi connectivity index (χ1v) is 14.3. The lowest BCUT2D eigenvalue weighted by molar-refractivity contribution is -0.137. The van der Waals surface area contributed by atoms with Gasteiger partial charge < -0.3 is 26.2 Å². The Bertz CT molecular complexity index is 1030. The summed E-state index contributed by atoms with van der Waals surface area (Å²) in [5.41, 5.74) is -0.691. The zero-order chi connectivity index (χ0) is 29.9. The van der Waals surface area contributed by atoms with Crippen molar-refractivity contribution in [2.24, 2.45) is 11.8 Å². The first kappa shape index (κ1) is 32.9. The molecule has 1 aromatic carbocycles. The van der Waals surface area contributed by atoms with Crippen molar-refractivity contribution in [2.45, 2.75) is 83.8 Å². The molecule has 0 bridgehead atoms. The molecule has 0 spiro atoms. The van der Waals surface area contributed by atoms with Gasteiger partial charge in [-0.05, 0) is 58.8 Å². The first-order chi connectivity index (χ1) is 18.9. The van der Waals surface area contributed by atoms with Crippen LogP contribution in [0, 0.1) is 11.8 Å². The minimum absolute atomic E-state index is 0.0820. The lowest BCUT2D eigenvalue weighted by atomic mass is 9.83. The molecule has 0 unspecified atom stereocenters. The maximum Gasteiger partial charge on any atom is 0.247 e. The summed E-state index contributed by atoms with van der Waals surface area (Å²) < 4.78 is 0. The van der Waals surface area contributed by atoms with Crippen LogP contribution in [0.15, 0.2) is 30.3 Å². The third-order valence-corrected chi connectivity index (χ3v) is 7.40. The normalized spacial score (nSPS) is 25.1. The number of rotatable bonds is 9. The van der Waals surface area contributed by atoms with Gasteiger partial charge in [-0.1, -0.05) is 57.5 Å². The average Bonchev–Trinajstić information content (AvgIpc) is 2.91. The summed E-state index contributed by atoms with van der Waals surface area (Å²) in [6, 6.07) is 6.99. The van der Waals surface area contributed by atoms with Gasteiger partial charge in [0.1, 0.15) is 12.1 Å². The standard InChI is InChI=1S/C30H47N5O5/c1-7-23-28(39)33-25(21-13-9-8-10-14-21)29(40)31-17-16-30(4,34-26(37)20(2)3)24(36)19-22(27(38)32-23)15-11-12-18-35(5)6/h8-10,13-14,20,22-23,25H,7,11-12,15-19H2,1-6H3,(H,31,40)(H,32,38)(H,33,39)(H,34,37)/t22-,23+,25-,30-/m1/s1. The fourth-order valence-electron chi connectivity index (χ4n) is 4.65. The third-order valence-electron chi connectivity index (χ3n) is 7.40. The van der Waals surface area contributed by atoms with Crippen molar-refractivity contribution in [3.8, 4) is 0 Å². The molecule has 1 saturated heterocycles. The van der Waals surface area contributed by atoms with E-state index in [0.717, 1.165) is 19.4 Å². The predicted molar refractivity (Wildman–Crippen MR) is 154 cm³/mol. The zero-order valence-corrected chi connectivity index (χ0v) is 24.8. The number of hydrogen-bond acceptors (Lipinski definition) is 6. The summed E-state index contributed by atoms with van der Waals surface area (Å²) in [7, 11) is 3.96. The van der Waals surface area contributed by atoms with E-state index in [1.54, 1.807) is 52.0 Å². The molecule has 1 aromatic rings. The van der Waals surface area contributed by atoms with Crippen LogP contribution >= 0.6 is 0 Å². The number of nitrogens with one attached hydrogen (secondary N) is 4. The summed E-state index contributed by atoms with van der Waals surface area (Å²) >= 11 is 0. The summed E-state index contributed by atoms with van der Waals surface area (Å²) in [6.45, 7) is 7.86. The molecule has 1 aliphatic heterocycles. The maximum absolute atomic E-state index is 13.7. The van der Waals surface area contributed by atoms with Gasteiger partial charge in [-0.2, -0.15) is 0 Å². The molecule has 2 rings (SSSR count). The van der Waals surface area contributed by atoms with Crippen LogP contribution < -0.4 is 21.3 Å². The summed E-state index contributed by atoms with van der Waals surface area (Å²) in [5.74, 6) is -2.86. The van der Waals surface area contributed by atoms with Crippen LogP contribution in [0.1, 0.15) is 77.8 Å². The van der Waals surface area contributed by atoms with E-state index in [1.807, 2.05) is 20.2 Å². The van der Waals surface area contributed by atoms with Gasteiger partial charge in [0.05, 0.1) is 5.54 Å². The largest absolute Gasteiger partial charge is 0.354 e. The van der Waals surface area contributed by atoms with E-state index in [4.69, 9.17) is 0 Å². The molecule has 10 heteroatoms. The van der Waals surface area contributed by atoms with Gasteiger partial charge in [0.15, 0.2) is 5.78 Å². The highest BCUT2D eigenvalue weighted by Crippen LogP contribution is 2.23. The van der Waals surface area contributed by atoms with Crippen LogP contribution in [0.4, 0.5) is 0 Å². The molecule has 40 heavy (non-hydrogen) atoms. The van der Waals surface area contributed by atoms with E-state index in [0.29, 0.717) is 18.4 Å². The Labute approximate surface area is 238 Å². The van der Waals surface area contributed by atoms with Crippen LogP contribution in [0.3, 0.4) is 0 Å². The molecule has 0 saturated carbocycles. The number of nitrogens with zero attached hydrogens (tertiary/aromatic N) is 1. The number of hydrogen-bond donors (Lipinski definition) is 4. The minimum Gasteiger partial charge on any atom is -0.354 e. The van der Waals surface area contributed by atoms with Gasteiger partial charge in [-0.25, -0.2) is 0 Å². The van der Waals surface area contributed by atoms with E-state index in [9.17, 15) is 24.0 Å². The Morgan fingerprint density at radius 3 is 2.30 bits per heavy atom. The van der Waals surface area contributed by atoms with Crippen LogP contribution in [0.5, 0.6) is 0 Å². The summed E-state index contributed by atoms with van der Waals surface area (Å²) in [5, 5.41) is 11.4. The van der Waals surface area contributed by atoms with Gasteiger partial charge in [0.25, 0.3) is 0 Å². The van der Waals surface area contributed by atoms with Crippen LogP contribution in [-0.2, 0) is 24.0 Å². The van der Waals surface area contributed by atoms with Crippen LogP contribution in [0.25, 0.3) is 0 Å². The van der Waals surface area contributed by atoms with Gasteiger partial charge in [0.2, 0.25) is 23.6 Å². The van der Waals surface area contributed by atoms with Crippen molar-refractivity contribution >= 4 is 29.4 Å². The number of ketones is 1. The molecule has 10 nitrogen and oxygen atoms in total. The fourth-order valence-corrected chi connectivity index (χ4v) is 4.65. The van der Waals surface area contributed by atoms with E-state index in [1.165, 1.54) is 0 Å². The minimum atomic E-state index is -1.28. The number of unbranched alkanes of at least 4 members (excludes halogenated alkanes) is 1. The number of amides is 4. The Balaban J connectivity index is 2.43. The smallest absolute Gasteiger partial charge is 0.247 e. The molecule has 4 atom stereocenters. The van der Waals surface area contributed by atoms with Crippen molar-refractivity contribution in [1.29, 1.82) is 0 Å². The SMILES string of the molecule is CC[C@@H]1NC(=O)[C@H](CCCCN(C)C)CC(=O)[C@](C)(NC(=O)C(C)C)CCNC(=O)[C@@H](c2ccccc2)NC1=O. The zero-order valence-electron chi connectivity index (χ0n) is 24.8. The molecule has 0 aliphatic carbocycles. The third kappa shape index (κ3) is 9.73.